The maximum atomic E-state index is 12.0. The molecule has 0 saturated carbocycles. The number of hydrogen-bond donors (Lipinski definition) is 1. The van der Waals surface area contributed by atoms with Crippen molar-refractivity contribution in [3.05, 3.63) is 23.9 Å². The van der Waals surface area contributed by atoms with Gasteiger partial charge in [0.1, 0.15) is 5.84 Å². The van der Waals surface area contributed by atoms with Crippen LogP contribution in [-0.4, -0.2) is 43.0 Å². The van der Waals surface area contributed by atoms with Gasteiger partial charge in [-0.2, -0.15) is 13.2 Å². The molecule has 0 spiro atoms. The minimum absolute atomic E-state index is 0.0347. The lowest BCUT2D eigenvalue weighted by Gasteiger charge is -2.09. The van der Waals surface area contributed by atoms with Gasteiger partial charge < -0.3 is 10.1 Å². The molecular formula is C13H15F3N4O. The summed E-state index contributed by atoms with van der Waals surface area (Å²) in [5, 5.41) is 2.96. The van der Waals surface area contributed by atoms with Crippen molar-refractivity contribution in [2.24, 2.45) is 9.98 Å². The summed E-state index contributed by atoms with van der Waals surface area (Å²) in [4.78, 5) is 12.2. The molecule has 2 heterocycles. The van der Waals surface area contributed by atoms with Gasteiger partial charge in [-0.25, -0.2) is 4.98 Å². The fraction of sp³-hybridized carbons (Fsp3) is 0.462. The van der Waals surface area contributed by atoms with Gasteiger partial charge in [0.25, 0.3) is 0 Å². The van der Waals surface area contributed by atoms with Crippen LogP contribution >= 0.6 is 0 Å². The van der Waals surface area contributed by atoms with E-state index in [1.165, 1.54) is 12.3 Å². The average molecular weight is 300 g/mol. The molecule has 0 aliphatic carbocycles. The first-order valence-corrected chi connectivity index (χ1v) is 6.45. The number of ether oxygens (including phenoxy) is 1. The van der Waals surface area contributed by atoms with Gasteiger partial charge in [0, 0.05) is 31.8 Å². The molecule has 0 aromatic carbocycles. The Bertz CT molecular complexity index is 511. The number of pyridine rings is 1. The smallest absolute Gasteiger partial charge is 0.422 e. The fourth-order valence-corrected chi connectivity index (χ4v) is 1.67. The average Bonchev–Trinajstić information content (AvgIpc) is 2.47. The van der Waals surface area contributed by atoms with Gasteiger partial charge >= 0.3 is 6.18 Å². The second-order valence-electron chi connectivity index (χ2n) is 4.42. The highest BCUT2D eigenvalue weighted by Crippen LogP contribution is 2.17. The third-order valence-corrected chi connectivity index (χ3v) is 2.68. The zero-order chi connectivity index (χ0) is 15.1. The summed E-state index contributed by atoms with van der Waals surface area (Å²) in [6, 6.07) is 3.12. The first kappa shape index (κ1) is 15.3. The number of nitrogens with one attached hydrogen (secondary N) is 1. The second kappa shape index (κ2) is 7.05. The molecule has 0 amide bonds. The second-order valence-corrected chi connectivity index (χ2v) is 4.42. The third-order valence-electron chi connectivity index (χ3n) is 2.68. The van der Waals surface area contributed by atoms with E-state index in [9.17, 15) is 13.2 Å². The molecule has 0 bridgehead atoms. The van der Waals surface area contributed by atoms with Crippen LogP contribution in [-0.2, 0) is 6.42 Å². The molecule has 1 aliphatic rings. The fourth-order valence-electron chi connectivity index (χ4n) is 1.67. The summed E-state index contributed by atoms with van der Waals surface area (Å²) in [5.41, 5.74) is 0.892. The number of hydrogen-bond acceptors (Lipinski definition) is 4. The van der Waals surface area contributed by atoms with Crippen molar-refractivity contribution >= 4 is 12.2 Å². The van der Waals surface area contributed by atoms with Crippen LogP contribution in [0.4, 0.5) is 13.2 Å². The zero-order valence-corrected chi connectivity index (χ0v) is 11.2. The maximum Gasteiger partial charge on any atom is 0.422 e. The van der Waals surface area contributed by atoms with E-state index in [0.29, 0.717) is 13.0 Å². The summed E-state index contributed by atoms with van der Waals surface area (Å²) >= 11 is 0. The Morgan fingerprint density at radius 2 is 2.19 bits per heavy atom. The maximum absolute atomic E-state index is 12.0. The number of alkyl halides is 3. The van der Waals surface area contributed by atoms with Crippen molar-refractivity contribution in [1.29, 1.82) is 0 Å². The van der Waals surface area contributed by atoms with Crippen molar-refractivity contribution in [2.75, 3.05) is 19.7 Å². The van der Waals surface area contributed by atoms with Crippen molar-refractivity contribution in [3.63, 3.8) is 0 Å². The first-order valence-electron chi connectivity index (χ1n) is 6.45. The Hall–Kier alpha value is -2.12. The molecule has 1 aromatic rings. The number of amidine groups is 1. The van der Waals surface area contributed by atoms with Crippen molar-refractivity contribution in [2.45, 2.75) is 19.0 Å². The van der Waals surface area contributed by atoms with Gasteiger partial charge in [0.05, 0.1) is 6.34 Å². The Kier molecular flexibility index (Phi) is 5.13. The highest BCUT2D eigenvalue weighted by atomic mass is 19.4. The largest absolute Gasteiger partial charge is 0.468 e. The molecule has 0 atom stereocenters. The SMILES string of the molecule is FC(F)(F)COc1ccc(CCN=C2CCN=CN2)cn1. The van der Waals surface area contributed by atoms with E-state index in [2.05, 4.69) is 25.0 Å². The van der Waals surface area contributed by atoms with E-state index in [-0.39, 0.29) is 5.88 Å². The van der Waals surface area contributed by atoms with Crippen LogP contribution in [0.1, 0.15) is 12.0 Å². The van der Waals surface area contributed by atoms with Gasteiger partial charge in [-0.1, -0.05) is 6.07 Å². The van der Waals surface area contributed by atoms with Crippen molar-refractivity contribution < 1.29 is 17.9 Å². The van der Waals surface area contributed by atoms with Gasteiger partial charge in [0.2, 0.25) is 5.88 Å². The molecule has 0 radical (unpaired) electrons. The van der Waals surface area contributed by atoms with E-state index in [0.717, 1.165) is 24.4 Å². The third kappa shape index (κ3) is 5.80. The molecule has 1 N–H and O–H groups in total. The lowest BCUT2D eigenvalue weighted by Crippen LogP contribution is -2.27. The molecule has 5 nitrogen and oxygen atoms in total. The van der Waals surface area contributed by atoms with Crippen LogP contribution in [0, 0.1) is 0 Å². The quantitative estimate of drug-likeness (QED) is 0.904. The van der Waals surface area contributed by atoms with Crippen LogP contribution < -0.4 is 10.1 Å². The molecule has 2 rings (SSSR count). The number of rotatable bonds is 5. The minimum Gasteiger partial charge on any atom is -0.468 e. The van der Waals surface area contributed by atoms with Gasteiger partial charge in [-0.05, 0) is 12.0 Å². The Labute approximate surface area is 120 Å². The number of nitrogens with zero attached hydrogens (tertiary/aromatic N) is 3. The minimum atomic E-state index is -4.35. The standard InChI is InChI=1S/C13H15F3N4O/c14-13(15,16)8-21-12-2-1-10(7-19-12)3-6-18-11-4-5-17-9-20-11/h1-2,7,9H,3-6,8H2,(H,17,18,20). The van der Waals surface area contributed by atoms with E-state index in [4.69, 9.17) is 0 Å². The Morgan fingerprint density at radius 3 is 2.81 bits per heavy atom. The highest BCUT2D eigenvalue weighted by molar-refractivity contribution is 5.93. The lowest BCUT2D eigenvalue weighted by molar-refractivity contribution is -0.154. The van der Waals surface area contributed by atoms with E-state index in [1.54, 1.807) is 12.4 Å². The van der Waals surface area contributed by atoms with Crippen LogP contribution in [0.3, 0.4) is 0 Å². The summed E-state index contributed by atoms with van der Waals surface area (Å²) in [5.74, 6) is 0.857. The summed E-state index contributed by atoms with van der Waals surface area (Å²) < 4.78 is 40.5. The number of aromatic nitrogens is 1. The first-order chi connectivity index (χ1) is 10.0. The van der Waals surface area contributed by atoms with Gasteiger partial charge in [-0.3, -0.25) is 9.98 Å². The molecule has 1 aromatic heterocycles. The van der Waals surface area contributed by atoms with Crippen LogP contribution in [0.2, 0.25) is 0 Å². The van der Waals surface area contributed by atoms with E-state index < -0.39 is 12.8 Å². The Balaban J connectivity index is 1.78. The van der Waals surface area contributed by atoms with Crippen LogP contribution in [0.5, 0.6) is 5.88 Å². The monoisotopic (exact) mass is 300 g/mol. The topological polar surface area (TPSA) is 58.9 Å². The van der Waals surface area contributed by atoms with Crippen LogP contribution in [0.25, 0.3) is 0 Å². The highest BCUT2D eigenvalue weighted by Gasteiger charge is 2.28. The van der Waals surface area contributed by atoms with Gasteiger partial charge in [-0.15, -0.1) is 0 Å². The molecule has 114 valence electrons. The number of halogens is 3. The van der Waals surface area contributed by atoms with Gasteiger partial charge in [0.15, 0.2) is 6.61 Å². The van der Waals surface area contributed by atoms with Crippen molar-refractivity contribution in [3.8, 4) is 5.88 Å². The zero-order valence-electron chi connectivity index (χ0n) is 11.2. The van der Waals surface area contributed by atoms with E-state index >= 15 is 0 Å². The summed E-state index contributed by atoms with van der Waals surface area (Å²) in [6.07, 6.45) is 0.221. The summed E-state index contributed by atoms with van der Waals surface area (Å²) in [6.45, 7) is -0.0144. The molecule has 21 heavy (non-hydrogen) atoms. The molecule has 1 aliphatic heterocycles. The Morgan fingerprint density at radius 1 is 1.33 bits per heavy atom. The molecule has 0 unspecified atom stereocenters. The molecular weight excluding hydrogens is 285 g/mol. The van der Waals surface area contributed by atoms with Crippen LogP contribution in [0.15, 0.2) is 28.3 Å². The molecule has 0 fully saturated rings. The molecule has 0 saturated heterocycles. The van der Waals surface area contributed by atoms with E-state index in [1.807, 2.05) is 0 Å². The van der Waals surface area contributed by atoms with Crippen molar-refractivity contribution in [1.82, 2.24) is 10.3 Å². The normalized spacial score (nSPS) is 16.8. The molecule has 8 heteroatoms. The predicted octanol–water partition coefficient (Wildman–Crippen LogP) is 1.99. The predicted molar refractivity (Wildman–Crippen MR) is 72.9 cm³/mol. The lowest BCUT2D eigenvalue weighted by atomic mass is 10.2. The number of aliphatic imine (C=N–C) groups is 2. The summed E-state index contributed by atoms with van der Waals surface area (Å²) in [7, 11) is 0.